The third kappa shape index (κ3) is 5.25. The number of hydrogen-bond donors (Lipinski definition) is 1. The van der Waals surface area contributed by atoms with Gasteiger partial charge in [-0.3, -0.25) is 4.79 Å². The van der Waals surface area contributed by atoms with E-state index in [4.69, 9.17) is 4.98 Å². The van der Waals surface area contributed by atoms with E-state index >= 15 is 0 Å². The lowest BCUT2D eigenvalue weighted by molar-refractivity contribution is 0.102. The Hall–Kier alpha value is -2.44. The van der Waals surface area contributed by atoms with Gasteiger partial charge >= 0.3 is 0 Å². The highest BCUT2D eigenvalue weighted by atomic mass is 79.9. The minimum atomic E-state index is -0.112. The van der Waals surface area contributed by atoms with Crippen LogP contribution in [-0.4, -0.2) is 15.3 Å². The van der Waals surface area contributed by atoms with Crippen LogP contribution in [0.15, 0.2) is 75.9 Å². The van der Waals surface area contributed by atoms with Crippen LogP contribution in [0, 0.1) is 0 Å². The summed E-state index contributed by atoms with van der Waals surface area (Å²) in [6.45, 7) is 2.20. The number of imidazole rings is 1. The smallest absolute Gasteiger partial charge is 0.255 e. The number of unbranched alkanes of at least 4 members (excludes halogenated alkanes) is 2. The molecule has 2 heterocycles. The van der Waals surface area contributed by atoms with E-state index in [0.29, 0.717) is 5.56 Å². The highest BCUT2D eigenvalue weighted by molar-refractivity contribution is 9.11. The first-order chi connectivity index (χ1) is 15.0. The van der Waals surface area contributed by atoms with Gasteiger partial charge < -0.3 is 9.72 Å². The molecule has 31 heavy (non-hydrogen) atoms. The number of pyridine rings is 1. The van der Waals surface area contributed by atoms with Crippen LogP contribution < -0.4 is 5.32 Å². The zero-order valence-corrected chi connectivity index (χ0v) is 20.4. The molecule has 0 aliphatic heterocycles. The summed E-state index contributed by atoms with van der Waals surface area (Å²) in [4.78, 5) is 17.4. The van der Waals surface area contributed by atoms with Crippen molar-refractivity contribution in [2.75, 3.05) is 5.32 Å². The first-order valence-corrected chi connectivity index (χ1v) is 12.0. The summed E-state index contributed by atoms with van der Waals surface area (Å²) in [6, 6.07) is 17.6. The second-order valence-electron chi connectivity index (χ2n) is 7.55. The molecule has 1 N–H and O–H groups in total. The Kier molecular flexibility index (Phi) is 6.88. The highest BCUT2D eigenvalue weighted by Gasteiger charge is 2.11. The van der Waals surface area contributed by atoms with Crippen LogP contribution in [0.5, 0.6) is 0 Å². The summed E-state index contributed by atoms with van der Waals surface area (Å²) in [5.41, 5.74) is 5.29. The molecule has 0 aliphatic rings. The number of anilines is 1. The lowest BCUT2D eigenvalue weighted by atomic mass is 10.0. The maximum atomic E-state index is 12.7. The van der Waals surface area contributed by atoms with Crippen molar-refractivity contribution >= 4 is 49.1 Å². The topological polar surface area (TPSA) is 46.4 Å². The van der Waals surface area contributed by atoms with E-state index < -0.39 is 0 Å². The monoisotopic (exact) mass is 539 g/mol. The first kappa shape index (κ1) is 21.8. The fourth-order valence-corrected chi connectivity index (χ4v) is 4.82. The highest BCUT2D eigenvalue weighted by Crippen LogP contribution is 2.27. The number of amides is 1. The Morgan fingerprint density at radius 3 is 2.61 bits per heavy atom. The molecule has 0 aliphatic carbocycles. The number of carbonyl (C=O) groups excluding carboxylic acids is 1. The Morgan fingerprint density at radius 1 is 1.03 bits per heavy atom. The lowest BCUT2D eigenvalue weighted by Gasteiger charge is -2.08. The molecular formula is C25H23Br2N3O. The fourth-order valence-electron chi connectivity index (χ4n) is 3.53. The van der Waals surface area contributed by atoms with Crippen LogP contribution in [0.2, 0.25) is 0 Å². The molecule has 0 fully saturated rings. The van der Waals surface area contributed by atoms with Gasteiger partial charge in [-0.15, -0.1) is 0 Å². The van der Waals surface area contributed by atoms with E-state index in [1.807, 2.05) is 71.4 Å². The molecule has 0 radical (unpaired) electrons. The van der Waals surface area contributed by atoms with Crippen LogP contribution in [0.25, 0.3) is 16.9 Å². The van der Waals surface area contributed by atoms with Crippen molar-refractivity contribution in [3.63, 3.8) is 0 Å². The number of nitrogens with one attached hydrogen (secondary N) is 1. The maximum absolute atomic E-state index is 12.7. The molecule has 0 atom stereocenters. The molecule has 0 saturated heterocycles. The maximum Gasteiger partial charge on any atom is 0.255 e. The van der Waals surface area contributed by atoms with Gasteiger partial charge in [0.2, 0.25) is 0 Å². The van der Waals surface area contributed by atoms with Gasteiger partial charge in [-0.2, -0.15) is 0 Å². The van der Waals surface area contributed by atoms with Gasteiger partial charge in [-0.25, -0.2) is 4.98 Å². The minimum absolute atomic E-state index is 0.112. The Labute approximate surface area is 199 Å². The number of benzene rings is 2. The average molecular weight is 541 g/mol. The molecule has 0 unspecified atom stereocenters. The quantitative estimate of drug-likeness (QED) is 0.246. The predicted octanol–water partition coefficient (Wildman–Crippen LogP) is 7.51. The van der Waals surface area contributed by atoms with Crippen LogP contribution in [-0.2, 0) is 6.42 Å². The standard InChI is InChI=1S/C25H23Br2N3O/c1-2-3-4-6-17-9-11-18(12-10-17)25(31)28-21-8-5-7-19(13-21)23-16-30-15-20(26)14-22(27)24(30)29-23/h5,7-16H,2-4,6H2,1H3,(H,28,31). The van der Waals surface area contributed by atoms with Crippen molar-refractivity contribution in [2.24, 2.45) is 0 Å². The Bertz CT molecular complexity index is 1220. The van der Waals surface area contributed by atoms with E-state index in [1.165, 1.54) is 24.8 Å². The van der Waals surface area contributed by atoms with E-state index in [-0.39, 0.29) is 5.91 Å². The molecule has 0 saturated carbocycles. The lowest BCUT2D eigenvalue weighted by Crippen LogP contribution is -2.11. The van der Waals surface area contributed by atoms with Crippen molar-refractivity contribution in [1.82, 2.24) is 9.38 Å². The van der Waals surface area contributed by atoms with Crippen LogP contribution >= 0.6 is 31.9 Å². The number of aromatic nitrogens is 2. The van der Waals surface area contributed by atoms with E-state index in [2.05, 4.69) is 44.1 Å². The number of rotatable bonds is 7. The van der Waals surface area contributed by atoms with Crippen molar-refractivity contribution in [1.29, 1.82) is 0 Å². The fraction of sp³-hybridized carbons (Fsp3) is 0.200. The Balaban J connectivity index is 1.50. The van der Waals surface area contributed by atoms with E-state index in [1.54, 1.807) is 0 Å². The largest absolute Gasteiger partial charge is 0.322 e. The summed E-state index contributed by atoms with van der Waals surface area (Å²) in [6.07, 6.45) is 8.63. The van der Waals surface area contributed by atoms with Gasteiger partial charge in [0.25, 0.3) is 5.91 Å². The van der Waals surface area contributed by atoms with Gasteiger partial charge in [-0.05, 0) is 80.6 Å². The molecule has 4 aromatic rings. The van der Waals surface area contributed by atoms with Gasteiger partial charge in [0.05, 0.1) is 10.2 Å². The zero-order valence-electron chi connectivity index (χ0n) is 17.2. The van der Waals surface area contributed by atoms with Crippen molar-refractivity contribution in [3.8, 4) is 11.3 Å². The minimum Gasteiger partial charge on any atom is -0.322 e. The summed E-state index contributed by atoms with van der Waals surface area (Å²) >= 11 is 7.06. The summed E-state index contributed by atoms with van der Waals surface area (Å²) in [5.74, 6) is -0.112. The average Bonchev–Trinajstić information content (AvgIpc) is 3.19. The van der Waals surface area contributed by atoms with Gasteiger partial charge in [-0.1, -0.05) is 44.0 Å². The van der Waals surface area contributed by atoms with Crippen molar-refractivity contribution < 1.29 is 4.79 Å². The van der Waals surface area contributed by atoms with Crippen LogP contribution in [0.3, 0.4) is 0 Å². The number of aryl methyl sites for hydroxylation is 1. The second kappa shape index (κ2) is 9.79. The molecule has 6 heteroatoms. The molecule has 0 bridgehead atoms. The number of halogens is 2. The summed E-state index contributed by atoms with van der Waals surface area (Å²) in [5, 5.41) is 3.00. The SMILES string of the molecule is CCCCCc1ccc(C(=O)Nc2cccc(-c3cn4cc(Br)cc(Br)c4n3)c2)cc1. The molecule has 2 aromatic carbocycles. The van der Waals surface area contributed by atoms with E-state index in [9.17, 15) is 4.79 Å². The zero-order chi connectivity index (χ0) is 21.8. The Morgan fingerprint density at radius 2 is 1.84 bits per heavy atom. The molecule has 4 rings (SSSR count). The van der Waals surface area contributed by atoms with Crippen molar-refractivity contribution in [3.05, 3.63) is 87.1 Å². The molecule has 2 aromatic heterocycles. The molecule has 4 nitrogen and oxygen atoms in total. The third-order valence-electron chi connectivity index (χ3n) is 5.17. The van der Waals surface area contributed by atoms with Crippen molar-refractivity contribution in [2.45, 2.75) is 32.6 Å². The van der Waals surface area contributed by atoms with Gasteiger partial charge in [0, 0.05) is 33.7 Å². The molecule has 1 amide bonds. The predicted molar refractivity (Wildman–Crippen MR) is 134 cm³/mol. The van der Waals surface area contributed by atoms with Crippen LogP contribution in [0.4, 0.5) is 5.69 Å². The molecule has 158 valence electrons. The molecule has 0 spiro atoms. The third-order valence-corrected chi connectivity index (χ3v) is 6.19. The number of fused-ring (bicyclic) bond motifs is 1. The van der Waals surface area contributed by atoms with E-state index in [0.717, 1.165) is 38.0 Å². The summed E-state index contributed by atoms with van der Waals surface area (Å²) < 4.78 is 3.85. The normalized spacial score (nSPS) is 11.1. The molecular weight excluding hydrogens is 518 g/mol. The van der Waals surface area contributed by atoms with Crippen LogP contribution in [0.1, 0.15) is 42.1 Å². The van der Waals surface area contributed by atoms with Gasteiger partial charge in [0.15, 0.2) is 5.65 Å². The number of nitrogens with zero attached hydrogens (tertiary/aromatic N) is 2. The first-order valence-electron chi connectivity index (χ1n) is 10.4. The van der Waals surface area contributed by atoms with Gasteiger partial charge in [0.1, 0.15) is 0 Å². The second-order valence-corrected chi connectivity index (χ2v) is 9.32. The number of carbonyl (C=O) groups is 1. The summed E-state index contributed by atoms with van der Waals surface area (Å²) in [7, 11) is 0. The number of hydrogen-bond acceptors (Lipinski definition) is 2.